The second kappa shape index (κ2) is 9.84. The third kappa shape index (κ3) is 7.47. The van der Waals surface area contributed by atoms with Gasteiger partial charge in [0.15, 0.2) is 0 Å². The summed E-state index contributed by atoms with van der Waals surface area (Å²) in [6, 6.07) is -0.805. The molecule has 1 fully saturated rings. The van der Waals surface area contributed by atoms with Crippen LogP contribution in [0.2, 0.25) is 0 Å². The van der Waals surface area contributed by atoms with Gasteiger partial charge >= 0.3 is 12.3 Å². The molecule has 2 aromatic heterocycles. The molecule has 2 atom stereocenters. The number of amides is 1. The molecule has 0 spiro atoms. The van der Waals surface area contributed by atoms with E-state index >= 15 is 0 Å². The summed E-state index contributed by atoms with van der Waals surface area (Å²) in [5.41, 5.74) is -3.27. The number of hydrogen-bond donors (Lipinski definition) is 2. The summed E-state index contributed by atoms with van der Waals surface area (Å²) in [6.45, 7) is 8.27. The molecular formula is C22H29F4N5O3S. The first-order chi connectivity index (χ1) is 16.0. The third-order valence-electron chi connectivity index (χ3n) is 4.96. The highest BCUT2D eigenvalue weighted by Crippen LogP contribution is 2.38. The van der Waals surface area contributed by atoms with Crippen LogP contribution >= 0.6 is 11.3 Å². The van der Waals surface area contributed by atoms with Crippen LogP contribution in [0, 0.1) is 0 Å². The fourth-order valence-electron chi connectivity index (χ4n) is 3.47. The summed E-state index contributed by atoms with van der Waals surface area (Å²) < 4.78 is 61.0. The molecule has 0 aliphatic carbocycles. The Bertz CT molecular complexity index is 1050. The molecule has 0 radical (unpaired) electrons. The Kier molecular flexibility index (Phi) is 7.61. The van der Waals surface area contributed by atoms with Gasteiger partial charge < -0.3 is 20.1 Å². The Morgan fingerprint density at radius 1 is 1.23 bits per heavy atom. The molecule has 1 aliphatic heterocycles. The zero-order chi connectivity index (χ0) is 26.2. The number of aliphatic hydroxyl groups is 1. The van der Waals surface area contributed by atoms with Gasteiger partial charge in [-0.25, -0.2) is 24.1 Å². The zero-order valence-corrected chi connectivity index (χ0v) is 20.9. The molecular weight excluding hydrogens is 490 g/mol. The Hall–Kier alpha value is -2.54. The Labute approximate surface area is 204 Å². The molecule has 0 bridgehead atoms. The largest absolute Gasteiger partial charge is 0.444 e. The fourth-order valence-corrected chi connectivity index (χ4v) is 4.61. The van der Waals surface area contributed by atoms with Gasteiger partial charge in [-0.05, 0) is 41.0 Å². The highest BCUT2D eigenvalue weighted by Gasteiger charge is 2.38. The van der Waals surface area contributed by atoms with Crippen LogP contribution in [0.1, 0.15) is 51.5 Å². The topological polar surface area (TPSA) is 100 Å². The van der Waals surface area contributed by atoms with E-state index in [1.54, 1.807) is 34.6 Å². The van der Waals surface area contributed by atoms with Crippen LogP contribution in [0.25, 0.3) is 10.7 Å². The van der Waals surface area contributed by atoms with E-state index in [4.69, 9.17) is 4.74 Å². The van der Waals surface area contributed by atoms with Gasteiger partial charge in [0.05, 0.1) is 18.2 Å². The molecule has 0 aromatic carbocycles. The van der Waals surface area contributed by atoms with Crippen molar-refractivity contribution in [2.75, 3.05) is 18.4 Å². The van der Waals surface area contributed by atoms with E-state index in [1.807, 2.05) is 0 Å². The first-order valence-electron chi connectivity index (χ1n) is 11.0. The molecule has 1 saturated heterocycles. The number of carbonyl (C=O) groups excluding carboxylic acids is 1. The van der Waals surface area contributed by atoms with Crippen LogP contribution in [-0.2, 0) is 17.3 Å². The smallest absolute Gasteiger partial charge is 0.420 e. The number of nitrogens with zero attached hydrogens (tertiary/aromatic N) is 4. The van der Waals surface area contributed by atoms with Gasteiger partial charge in [0.2, 0.25) is 5.95 Å². The van der Waals surface area contributed by atoms with Crippen LogP contribution in [0.15, 0.2) is 12.4 Å². The average molecular weight is 520 g/mol. The number of nitrogens with one attached hydrogen (secondary N) is 1. The minimum atomic E-state index is -4.72. The number of carbonyl (C=O) groups is 1. The zero-order valence-electron chi connectivity index (χ0n) is 20.1. The van der Waals surface area contributed by atoms with E-state index in [0.717, 1.165) is 11.3 Å². The number of aromatic nitrogens is 3. The monoisotopic (exact) mass is 519 g/mol. The van der Waals surface area contributed by atoms with Crippen LogP contribution in [-0.4, -0.2) is 67.6 Å². The Morgan fingerprint density at radius 3 is 2.49 bits per heavy atom. The van der Waals surface area contributed by atoms with Crippen molar-refractivity contribution in [2.24, 2.45) is 0 Å². The highest BCUT2D eigenvalue weighted by molar-refractivity contribution is 7.15. The van der Waals surface area contributed by atoms with Crippen molar-refractivity contribution in [1.82, 2.24) is 19.9 Å². The quantitative estimate of drug-likeness (QED) is 0.553. The molecule has 194 valence electrons. The lowest BCUT2D eigenvalue weighted by atomic mass is 10.0. The van der Waals surface area contributed by atoms with Crippen molar-refractivity contribution in [1.29, 1.82) is 0 Å². The maximum absolute atomic E-state index is 14.8. The van der Waals surface area contributed by atoms with E-state index in [0.29, 0.717) is 11.1 Å². The maximum Gasteiger partial charge on any atom is 0.420 e. The number of thiazole rings is 1. The van der Waals surface area contributed by atoms with Gasteiger partial charge in [0.25, 0.3) is 0 Å². The molecule has 2 aromatic rings. The number of halogens is 4. The van der Waals surface area contributed by atoms with Crippen LogP contribution in [0.4, 0.5) is 28.3 Å². The SMILES string of the molecule is CC(C)(O)Cc1cnc(-c2nc(N[C@H]3CCN(C(=O)OC(C)(C)C)C[C@H]3F)ncc2C(F)(F)F)s1. The normalized spacial score (nSPS) is 19.5. The number of ether oxygens (including phenoxy) is 1. The fraction of sp³-hybridized carbons (Fsp3) is 0.636. The van der Waals surface area contributed by atoms with Crippen LogP contribution in [0.5, 0.6) is 0 Å². The summed E-state index contributed by atoms with van der Waals surface area (Å²) in [6.07, 6.45) is -4.42. The number of alkyl halides is 4. The minimum Gasteiger partial charge on any atom is -0.444 e. The first-order valence-corrected chi connectivity index (χ1v) is 11.8. The van der Waals surface area contributed by atoms with E-state index in [2.05, 4.69) is 20.3 Å². The molecule has 2 N–H and O–H groups in total. The Morgan fingerprint density at radius 2 is 1.91 bits per heavy atom. The van der Waals surface area contributed by atoms with E-state index in [9.17, 15) is 27.5 Å². The van der Waals surface area contributed by atoms with E-state index in [-0.39, 0.29) is 36.9 Å². The lowest BCUT2D eigenvalue weighted by molar-refractivity contribution is -0.137. The van der Waals surface area contributed by atoms with Crippen molar-refractivity contribution >= 4 is 23.4 Å². The van der Waals surface area contributed by atoms with E-state index in [1.165, 1.54) is 11.1 Å². The summed E-state index contributed by atoms with van der Waals surface area (Å²) in [5.74, 6) is -0.175. The molecule has 1 aliphatic rings. The third-order valence-corrected chi connectivity index (χ3v) is 5.97. The lowest BCUT2D eigenvalue weighted by Crippen LogP contribution is -2.51. The van der Waals surface area contributed by atoms with Gasteiger partial charge in [-0.15, -0.1) is 11.3 Å². The minimum absolute atomic E-state index is 0.0126. The van der Waals surface area contributed by atoms with Crippen molar-refractivity contribution in [3.63, 3.8) is 0 Å². The molecule has 8 nitrogen and oxygen atoms in total. The summed E-state index contributed by atoms with van der Waals surface area (Å²) in [7, 11) is 0. The average Bonchev–Trinajstić information content (AvgIpc) is 3.14. The lowest BCUT2D eigenvalue weighted by Gasteiger charge is -2.35. The highest BCUT2D eigenvalue weighted by atomic mass is 32.1. The summed E-state index contributed by atoms with van der Waals surface area (Å²) in [5, 5.41) is 12.8. The number of rotatable bonds is 5. The van der Waals surface area contributed by atoms with Gasteiger partial charge in [-0.1, -0.05) is 0 Å². The molecule has 13 heteroatoms. The number of hydrogen-bond acceptors (Lipinski definition) is 8. The van der Waals surface area contributed by atoms with Gasteiger partial charge in [0, 0.05) is 30.2 Å². The first kappa shape index (κ1) is 27.1. The van der Waals surface area contributed by atoms with Gasteiger partial charge in [-0.2, -0.15) is 13.2 Å². The summed E-state index contributed by atoms with van der Waals surface area (Å²) in [4.78, 5) is 25.9. The van der Waals surface area contributed by atoms with Crippen molar-refractivity contribution < 1.29 is 32.2 Å². The second-order valence-electron chi connectivity index (χ2n) is 10.1. The van der Waals surface area contributed by atoms with Crippen molar-refractivity contribution in [2.45, 2.75) is 77.1 Å². The number of likely N-dealkylation sites (tertiary alicyclic amines) is 1. The second-order valence-corrected chi connectivity index (χ2v) is 11.2. The molecule has 3 heterocycles. The number of piperidine rings is 1. The predicted molar refractivity (Wildman–Crippen MR) is 123 cm³/mol. The predicted octanol–water partition coefficient (Wildman–Crippen LogP) is 4.69. The van der Waals surface area contributed by atoms with Gasteiger partial charge in [-0.3, -0.25) is 0 Å². The van der Waals surface area contributed by atoms with Crippen LogP contribution in [0.3, 0.4) is 0 Å². The summed E-state index contributed by atoms with van der Waals surface area (Å²) >= 11 is 0.985. The standard InChI is InChI=1S/C22H29F4N5O3S/c1-20(2,3)34-19(32)31-7-6-15(14(23)11-31)29-18-28-10-13(22(24,25)26)16(30-18)17-27-9-12(35-17)8-21(4,5)33/h9-10,14-15,33H,6-8,11H2,1-5H3,(H,28,29,30)/t14-,15+/m1/s1. The molecule has 3 rings (SSSR count). The van der Waals surface area contributed by atoms with E-state index < -0.39 is 46.9 Å². The molecule has 0 unspecified atom stereocenters. The van der Waals surface area contributed by atoms with Crippen LogP contribution < -0.4 is 5.32 Å². The Balaban J connectivity index is 1.79. The molecule has 1 amide bonds. The maximum atomic E-state index is 14.8. The van der Waals surface area contributed by atoms with Gasteiger partial charge in [0.1, 0.15) is 28.0 Å². The number of anilines is 1. The van der Waals surface area contributed by atoms with Crippen molar-refractivity contribution in [3.05, 3.63) is 22.8 Å². The molecule has 0 saturated carbocycles. The molecule has 35 heavy (non-hydrogen) atoms. The van der Waals surface area contributed by atoms with Crippen molar-refractivity contribution in [3.8, 4) is 10.7 Å².